The fourth-order valence-corrected chi connectivity index (χ4v) is 3.96. The Morgan fingerprint density at radius 3 is 2.56 bits per heavy atom. The Morgan fingerprint density at radius 2 is 1.88 bits per heavy atom. The van der Waals surface area contributed by atoms with Gasteiger partial charge >= 0.3 is 5.97 Å². The molecule has 0 bridgehead atoms. The number of halogens is 3. The van der Waals surface area contributed by atoms with Gasteiger partial charge in [-0.25, -0.2) is 9.18 Å². The lowest BCUT2D eigenvalue weighted by Gasteiger charge is -2.09. The number of esters is 1. The fourth-order valence-electron chi connectivity index (χ4n) is 2.30. The maximum absolute atomic E-state index is 13.1. The molecule has 2 aromatic carbocycles. The number of rotatable bonds is 5. The molecule has 3 rings (SSSR count). The molecule has 0 spiro atoms. The van der Waals surface area contributed by atoms with E-state index in [1.54, 1.807) is 25.1 Å². The van der Waals surface area contributed by atoms with Gasteiger partial charge in [0, 0.05) is 4.88 Å². The molecule has 130 valence electrons. The second kappa shape index (κ2) is 7.60. The van der Waals surface area contributed by atoms with Crippen molar-refractivity contribution < 1.29 is 18.7 Å². The predicted octanol–water partition coefficient (Wildman–Crippen LogP) is 5.96. The average Bonchev–Trinajstić information content (AvgIpc) is 3.02. The average molecular weight is 399 g/mol. The van der Waals surface area contributed by atoms with E-state index < -0.39 is 5.97 Å². The van der Waals surface area contributed by atoms with Crippen LogP contribution in [0.4, 0.5) is 4.39 Å². The molecule has 25 heavy (non-hydrogen) atoms. The van der Waals surface area contributed by atoms with Gasteiger partial charge in [0.2, 0.25) is 0 Å². The minimum absolute atomic E-state index is 0.242. The highest BCUT2D eigenvalue weighted by Gasteiger charge is 2.16. The summed E-state index contributed by atoms with van der Waals surface area (Å²) in [6, 6.07) is 9.87. The molecule has 1 aromatic heterocycles. The molecule has 0 aliphatic rings. The summed E-state index contributed by atoms with van der Waals surface area (Å²) in [6.45, 7) is 1.75. The Hall–Kier alpha value is -1.82. The zero-order valence-electron chi connectivity index (χ0n) is 13.1. The monoisotopic (exact) mass is 398 g/mol. The van der Waals surface area contributed by atoms with Crippen LogP contribution in [0.15, 0.2) is 36.4 Å². The molecule has 0 saturated carbocycles. The van der Waals surface area contributed by atoms with Gasteiger partial charge in [-0.3, -0.25) is 0 Å². The van der Waals surface area contributed by atoms with Gasteiger partial charge in [0.15, 0.2) is 6.61 Å². The van der Waals surface area contributed by atoms with Crippen molar-refractivity contribution in [3.8, 4) is 16.2 Å². The summed E-state index contributed by atoms with van der Waals surface area (Å²) in [7, 11) is 0. The van der Waals surface area contributed by atoms with E-state index in [-0.39, 0.29) is 24.1 Å². The van der Waals surface area contributed by atoms with Crippen molar-refractivity contribution in [1.82, 2.24) is 0 Å². The summed E-state index contributed by atoms with van der Waals surface area (Å²) in [5.74, 6) is -0.455. The SMILES string of the molecule is CCOC(=O)COc1cc2cc(-c3ccc(F)cc3)sc2c(Cl)c1Cl. The summed E-state index contributed by atoms with van der Waals surface area (Å²) in [4.78, 5) is 12.4. The molecule has 0 N–H and O–H groups in total. The van der Waals surface area contributed by atoms with E-state index in [1.165, 1.54) is 23.5 Å². The second-order valence-corrected chi connectivity index (χ2v) is 6.94. The van der Waals surface area contributed by atoms with Crippen molar-refractivity contribution in [2.75, 3.05) is 13.2 Å². The van der Waals surface area contributed by atoms with Gasteiger partial charge in [0.05, 0.1) is 16.3 Å². The van der Waals surface area contributed by atoms with Gasteiger partial charge < -0.3 is 9.47 Å². The largest absolute Gasteiger partial charge is 0.480 e. The highest BCUT2D eigenvalue weighted by atomic mass is 35.5. The van der Waals surface area contributed by atoms with Gasteiger partial charge in [-0.05, 0) is 42.1 Å². The molecule has 0 unspecified atom stereocenters. The lowest BCUT2D eigenvalue weighted by molar-refractivity contribution is -0.145. The molecule has 0 aliphatic heterocycles. The number of benzene rings is 2. The topological polar surface area (TPSA) is 35.5 Å². The van der Waals surface area contributed by atoms with Crippen LogP contribution >= 0.6 is 34.5 Å². The Morgan fingerprint density at radius 1 is 1.16 bits per heavy atom. The first-order valence-corrected chi connectivity index (χ1v) is 9.02. The van der Waals surface area contributed by atoms with Crippen LogP contribution in [-0.4, -0.2) is 19.2 Å². The summed E-state index contributed by atoms with van der Waals surface area (Å²) in [6.07, 6.45) is 0. The molecular weight excluding hydrogens is 386 g/mol. The Labute approximate surface area is 157 Å². The number of carbonyl (C=O) groups excluding carboxylic acids is 1. The lowest BCUT2D eigenvalue weighted by Crippen LogP contribution is -2.14. The van der Waals surface area contributed by atoms with Crippen LogP contribution in [0.2, 0.25) is 10.0 Å². The molecule has 0 atom stereocenters. The fraction of sp³-hybridized carbons (Fsp3) is 0.167. The number of hydrogen-bond acceptors (Lipinski definition) is 4. The van der Waals surface area contributed by atoms with Crippen LogP contribution in [0.5, 0.6) is 5.75 Å². The minimum atomic E-state index is -0.480. The van der Waals surface area contributed by atoms with E-state index in [1.807, 2.05) is 6.07 Å². The minimum Gasteiger partial charge on any atom is -0.480 e. The Kier molecular flexibility index (Phi) is 5.47. The number of hydrogen-bond donors (Lipinski definition) is 0. The zero-order valence-corrected chi connectivity index (χ0v) is 15.5. The number of ether oxygens (including phenoxy) is 2. The van der Waals surface area contributed by atoms with Crippen molar-refractivity contribution >= 4 is 50.6 Å². The van der Waals surface area contributed by atoms with Crippen molar-refractivity contribution in [1.29, 1.82) is 0 Å². The van der Waals surface area contributed by atoms with Crippen LogP contribution in [0.25, 0.3) is 20.5 Å². The number of fused-ring (bicyclic) bond motifs is 1. The molecule has 3 nitrogen and oxygen atoms in total. The Balaban J connectivity index is 1.95. The van der Waals surface area contributed by atoms with E-state index in [4.69, 9.17) is 32.7 Å². The van der Waals surface area contributed by atoms with E-state index in [0.29, 0.717) is 10.8 Å². The highest BCUT2D eigenvalue weighted by Crippen LogP contribution is 2.44. The van der Waals surface area contributed by atoms with Gasteiger partial charge in [-0.1, -0.05) is 35.3 Å². The van der Waals surface area contributed by atoms with Gasteiger partial charge in [-0.2, -0.15) is 0 Å². The third kappa shape index (κ3) is 3.89. The normalized spacial score (nSPS) is 10.9. The van der Waals surface area contributed by atoms with Crippen LogP contribution in [-0.2, 0) is 9.53 Å². The molecule has 0 radical (unpaired) electrons. The van der Waals surface area contributed by atoms with E-state index in [9.17, 15) is 9.18 Å². The van der Waals surface area contributed by atoms with E-state index in [2.05, 4.69) is 0 Å². The lowest BCUT2D eigenvalue weighted by atomic mass is 10.1. The van der Waals surface area contributed by atoms with Gasteiger partial charge in [0.25, 0.3) is 0 Å². The molecule has 0 amide bonds. The van der Waals surface area contributed by atoms with Crippen LogP contribution in [0.1, 0.15) is 6.92 Å². The van der Waals surface area contributed by atoms with E-state index in [0.717, 1.165) is 20.5 Å². The van der Waals surface area contributed by atoms with Crippen molar-refractivity contribution in [3.05, 3.63) is 52.3 Å². The summed E-state index contributed by atoms with van der Waals surface area (Å²) in [5.41, 5.74) is 0.879. The Bertz CT molecular complexity index is 922. The van der Waals surface area contributed by atoms with Crippen LogP contribution in [0.3, 0.4) is 0 Å². The second-order valence-electron chi connectivity index (χ2n) is 5.13. The third-order valence-corrected chi connectivity index (χ3v) is 5.61. The number of carbonyl (C=O) groups is 1. The van der Waals surface area contributed by atoms with Crippen molar-refractivity contribution in [3.63, 3.8) is 0 Å². The third-order valence-electron chi connectivity index (χ3n) is 3.44. The smallest absolute Gasteiger partial charge is 0.344 e. The molecule has 0 aliphatic carbocycles. The molecule has 3 aromatic rings. The van der Waals surface area contributed by atoms with Gasteiger partial charge in [-0.15, -0.1) is 11.3 Å². The maximum Gasteiger partial charge on any atom is 0.344 e. The molecule has 7 heteroatoms. The first-order valence-electron chi connectivity index (χ1n) is 7.45. The van der Waals surface area contributed by atoms with Crippen molar-refractivity contribution in [2.45, 2.75) is 6.92 Å². The summed E-state index contributed by atoms with van der Waals surface area (Å²) < 4.78 is 24.2. The predicted molar refractivity (Wildman–Crippen MR) is 99.4 cm³/mol. The quantitative estimate of drug-likeness (QED) is 0.497. The van der Waals surface area contributed by atoms with Crippen molar-refractivity contribution in [2.24, 2.45) is 0 Å². The standard InChI is InChI=1S/C18H13Cl2FO3S/c1-2-23-15(22)9-24-13-7-11-8-14(10-3-5-12(21)6-4-10)25-18(11)17(20)16(13)19/h3-8H,2,9H2,1H3. The first kappa shape index (κ1) is 18.0. The highest BCUT2D eigenvalue weighted by molar-refractivity contribution is 7.23. The van der Waals surface area contributed by atoms with Crippen LogP contribution in [0, 0.1) is 5.82 Å². The number of thiophene rings is 1. The molecule has 0 fully saturated rings. The summed E-state index contributed by atoms with van der Waals surface area (Å²) >= 11 is 14.1. The first-order chi connectivity index (χ1) is 12.0. The molecular formula is C18H13Cl2FO3S. The summed E-state index contributed by atoms with van der Waals surface area (Å²) in [5, 5.41) is 1.43. The van der Waals surface area contributed by atoms with Gasteiger partial charge in [0.1, 0.15) is 16.6 Å². The van der Waals surface area contributed by atoms with E-state index >= 15 is 0 Å². The maximum atomic E-state index is 13.1. The molecule has 1 heterocycles. The zero-order chi connectivity index (χ0) is 18.0. The van der Waals surface area contributed by atoms with Crippen LogP contribution < -0.4 is 4.74 Å². The molecule has 0 saturated heterocycles.